The Labute approximate surface area is 164 Å². The maximum atomic E-state index is 6.21. The Bertz CT molecular complexity index is 1020. The summed E-state index contributed by atoms with van der Waals surface area (Å²) in [7, 11) is 0. The van der Waals surface area contributed by atoms with Gasteiger partial charge in [-0.05, 0) is 38.4 Å². The van der Waals surface area contributed by atoms with E-state index < -0.39 is 0 Å². The Morgan fingerprint density at radius 3 is 2.75 bits per heavy atom. The van der Waals surface area contributed by atoms with Crippen molar-refractivity contribution < 1.29 is 4.42 Å². The van der Waals surface area contributed by atoms with Gasteiger partial charge in [-0.3, -0.25) is 5.01 Å². The van der Waals surface area contributed by atoms with Crippen LogP contribution >= 0.6 is 0 Å². The lowest BCUT2D eigenvalue weighted by atomic mass is 9.95. The molecule has 1 aromatic carbocycles. The first kappa shape index (κ1) is 17.3. The number of nitrogens with one attached hydrogen (secondary N) is 1. The van der Waals surface area contributed by atoms with E-state index in [1.54, 1.807) is 0 Å². The predicted molar refractivity (Wildman–Crippen MR) is 112 cm³/mol. The minimum atomic E-state index is 0.199. The summed E-state index contributed by atoms with van der Waals surface area (Å²) in [6.45, 7) is 5.12. The Kier molecular flexibility index (Phi) is 4.28. The zero-order valence-electron chi connectivity index (χ0n) is 16.1. The third-order valence-corrected chi connectivity index (χ3v) is 5.96. The number of nitrogens with zero attached hydrogens (tertiary/aromatic N) is 3. The Balaban J connectivity index is 1.53. The first-order valence-corrected chi connectivity index (χ1v) is 9.96. The lowest BCUT2D eigenvalue weighted by Gasteiger charge is -2.30. The van der Waals surface area contributed by atoms with Crippen LogP contribution in [0.4, 0.5) is 5.82 Å². The van der Waals surface area contributed by atoms with Crippen molar-refractivity contribution in [1.29, 1.82) is 0 Å². The summed E-state index contributed by atoms with van der Waals surface area (Å²) in [4.78, 5) is 4.43. The van der Waals surface area contributed by atoms with Crippen molar-refractivity contribution in [2.24, 2.45) is 5.10 Å². The first-order chi connectivity index (χ1) is 13.7. The third-order valence-electron chi connectivity index (χ3n) is 5.96. The van der Waals surface area contributed by atoms with Crippen molar-refractivity contribution in [2.45, 2.75) is 31.7 Å². The Hall–Kier alpha value is -2.86. The fraction of sp³-hybridized carbons (Fsp3) is 0.364. The molecule has 3 aromatic rings. The van der Waals surface area contributed by atoms with E-state index in [-0.39, 0.29) is 5.92 Å². The summed E-state index contributed by atoms with van der Waals surface area (Å²) in [6, 6.07) is 10.7. The topological polar surface area (TPSA) is 79.7 Å². The normalized spacial score (nSPS) is 20.3. The number of rotatable bonds is 3. The molecule has 0 bridgehead atoms. The largest absolute Gasteiger partial charge is 0.452 e. The van der Waals surface area contributed by atoms with Crippen molar-refractivity contribution in [2.75, 3.05) is 25.4 Å². The average molecular weight is 375 g/mol. The summed E-state index contributed by atoms with van der Waals surface area (Å²) in [6.07, 6.45) is 6.24. The molecule has 2 aliphatic heterocycles. The van der Waals surface area contributed by atoms with Crippen LogP contribution in [0.25, 0.3) is 22.3 Å². The van der Waals surface area contributed by atoms with E-state index in [0.717, 1.165) is 60.3 Å². The van der Waals surface area contributed by atoms with Gasteiger partial charge in [0, 0.05) is 47.4 Å². The number of nitrogens with two attached hydrogens (primary N) is 1. The minimum absolute atomic E-state index is 0.199. The molecular weight excluding hydrogens is 350 g/mol. The highest BCUT2D eigenvalue weighted by Crippen LogP contribution is 2.39. The van der Waals surface area contributed by atoms with E-state index in [1.165, 1.54) is 0 Å². The number of pyridine rings is 1. The van der Waals surface area contributed by atoms with Crippen LogP contribution in [0.5, 0.6) is 0 Å². The minimum Gasteiger partial charge on any atom is -0.452 e. The number of benzene rings is 1. The zero-order chi connectivity index (χ0) is 19.1. The third kappa shape index (κ3) is 2.85. The molecule has 0 saturated carbocycles. The smallest absolute Gasteiger partial charge is 0.177 e. The van der Waals surface area contributed by atoms with Crippen LogP contribution in [-0.2, 0) is 0 Å². The van der Waals surface area contributed by atoms with Crippen LogP contribution in [0.1, 0.15) is 29.9 Å². The van der Waals surface area contributed by atoms with E-state index in [2.05, 4.69) is 40.6 Å². The highest BCUT2D eigenvalue weighted by atomic mass is 16.3. The highest BCUT2D eigenvalue weighted by Gasteiger charge is 2.29. The SMILES string of the molecule is Cc1c(-c2ccccc2)oc2c(N)ncc(C3C=NN(C4CCNCC4)C3)c12. The van der Waals surface area contributed by atoms with E-state index in [4.69, 9.17) is 15.3 Å². The molecule has 0 aliphatic carbocycles. The second kappa shape index (κ2) is 6.95. The average Bonchev–Trinajstić information content (AvgIpc) is 3.36. The van der Waals surface area contributed by atoms with Gasteiger partial charge >= 0.3 is 0 Å². The van der Waals surface area contributed by atoms with Crippen LogP contribution in [0.15, 0.2) is 46.0 Å². The van der Waals surface area contributed by atoms with Gasteiger partial charge in [-0.2, -0.15) is 5.10 Å². The summed E-state index contributed by atoms with van der Waals surface area (Å²) in [5, 5.41) is 11.5. The van der Waals surface area contributed by atoms with Crippen molar-refractivity contribution in [3.63, 3.8) is 0 Å². The Morgan fingerprint density at radius 1 is 1.18 bits per heavy atom. The number of hydrazone groups is 1. The zero-order valence-corrected chi connectivity index (χ0v) is 16.1. The highest BCUT2D eigenvalue weighted by molar-refractivity contribution is 5.97. The second-order valence-electron chi connectivity index (χ2n) is 7.70. The van der Waals surface area contributed by atoms with E-state index in [0.29, 0.717) is 17.4 Å². The second-order valence-corrected chi connectivity index (χ2v) is 7.70. The van der Waals surface area contributed by atoms with E-state index in [1.807, 2.05) is 24.4 Å². The van der Waals surface area contributed by atoms with Crippen molar-refractivity contribution in [1.82, 2.24) is 15.3 Å². The number of hydrogen-bond donors (Lipinski definition) is 2. The molecule has 1 atom stereocenters. The van der Waals surface area contributed by atoms with Gasteiger partial charge in [-0.15, -0.1) is 0 Å². The van der Waals surface area contributed by atoms with Crippen LogP contribution in [-0.4, -0.2) is 41.9 Å². The molecule has 0 amide bonds. The molecule has 0 spiro atoms. The summed E-state index contributed by atoms with van der Waals surface area (Å²) in [5.74, 6) is 1.50. The standard InChI is InChI=1S/C22H25N5O/c1-14-19-18(16-11-26-27(13-16)17-7-9-24-10-8-17)12-25-22(23)21(19)28-20(14)15-5-3-2-4-6-15/h2-6,11-12,16-17,24H,7-10,13H2,1H3,(H2,23,25). The molecule has 0 radical (unpaired) electrons. The van der Waals surface area contributed by atoms with Gasteiger partial charge in [0.2, 0.25) is 0 Å². The number of nitrogen functional groups attached to an aromatic ring is 1. The molecular formula is C22H25N5O. The van der Waals surface area contributed by atoms with Crippen LogP contribution in [0.2, 0.25) is 0 Å². The molecule has 2 aliphatic rings. The fourth-order valence-corrected chi connectivity index (χ4v) is 4.44. The van der Waals surface area contributed by atoms with Crippen molar-refractivity contribution >= 4 is 23.0 Å². The quantitative estimate of drug-likeness (QED) is 0.732. The predicted octanol–water partition coefficient (Wildman–Crippen LogP) is 3.52. The van der Waals surface area contributed by atoms with Gasteiger partial charge in [0.15, 0.2) is 11.4 Å². The van der Waals surface area contributed by atoms with Crippen LogP contribution in [0.3, 0.4) is 0 Å². The Morgan fingerprint density at radius 2 is 1.96 bits per heavy atom. The van der Waals surface area contributed by atoms with Gasteiger partial charge in [-0.1, -0.05) is 30.3 Å². The maximum absolute atomic E-state index is 6.21. The lowest BCUT2D eigenvalue weighted by molar-refractivity contribution is 0.181. The molecule has 1 fully saturated rings. The van der Waals surface area contributed by atoms with Gasteiger partial charge in [0.25, 0.3) is 0 Å². The van der Waals surface area contributed by atoms with Gasteiger partial charge in [0.1, 0.15) is 5.76 Å². The molecule has 4 heterocycles. The molecule has 6 nitrogen and oxygen atoms in total. The van der Waals surface area contributed by atoms with Gasteiger partial charge in [-0.25, -0.2) is 4.98 Å². The molecule has 1 saturated heterocycles. The maximum Gasteiger partial charge on any atom is 0.177 e. The van der Waals surface area contributed by atoms with Crippen molar-refractivity contribution in [3.05, 3.63) is 47.7 Å². The van der Waals surface area contributed by atoms with Crippen LogP contribution < -0.4 is 11.1 Å². The van der Waals surface area contributed by atoms with Gasteiger partial charge < -0.3 is 15.5 Å². The number of furan rings is 1. The molecule has 6 heteroatoms. The fourth-order valence-electron chi connectivity index (χ4n) is 4.44. The van der Waals surface area contributed by atoms with Crippen LogP contribution in [0, 0.1) is 6.92 Å². The molecule has 2 aromatic heterocycles. The lowest BCUT2D eigenvalue weighted by Crippen LogP contribution is -2.40. The molecule has 3 N–H and O–H groups in total. The summed E-state index contributed by atoms with van der Waals surface area (Å²) >= 11 is 0. The van der Waals surface area contributed by atoms with E-state index in [9.17, 15) is 0 Å². The summed E-state index contributed by atoms with van der Waals surface area (Å²) in [5.41, 5.74) is 10.2. The number of aryl methyl sites for hydroxylation is 1. The molecule has 28 heavy (non-hydrogen) atoms. The number of piperidine rings is 1. The summed E-state index contributed by atoms with van der Waals surface area (Å²) < 4.78 is 6.21. The number of aromatic nitrogens is 1. The van der Waals surface area contributed by atoms with Crippen molar-refractivity contribution in [3.8, 4) is 11.3 Å². The molecule has 1 unspecified atom stereocenters. The number of fused-ring (bicyclic) bond motifs is 1. The molecule has 5 rings (SSSR count). The van der Waals surface area contributed by atoms with Gasteiger partial charge in [0.05, 0.1) is 0 Å². The number of anilines is 1. The number of hydrogen-bond acceptors (Lipinski definition) is 6. The molecule has 144 valence electrons. The first-order valence-electron chi connectivity index (χ1n) is 9.96. The monoisotopic (exact) mass is 375 g/mol. The van der Waals surface area contributed by atoms with E-state index >= 15 is 0 Å².